The molecule has 1 heterocycles. The second-order valence-electron chi connectivity index (χ2n) is 6.88. The minimum atomic E-state index is -0.415. The largest absolute Gasteiger partial charge is 0.494 e. The van der Waals surface area contributed by atoms with E-state index in [-0.39, 0.29) is 5.82 Å². The third kappa shape index (κ3) is 4.59. The van der Waals surface area contributed by atoms with Crippen molar-refractivity contribution in [2.45, 2.75) is 13.8 Å². The van der Waals surface area contributed by atoms with Crippen LogP contribution in [0.2, 0.25) is 5.02 Å². The van der Waals surface area contributed by atoms with Gasteiger partial charge in [0, 0.05) is 16.3 Å². The molecule has 7 heteroatoms. The van der Waals surface area contributed by atoms with E-state index < -0.39 is 5.91 Å². The Morgan fingerprint density at radius 2 is 1.81 bits per heavy atom. The van der Waals surface area contributed by atoms with Gasteiger partial charge in [-0.1, -0.05) is 48.0 Å². The number of aryl methyl sites for hydroxylation is 1. The fraction of sp³-hybridized carbons (Fsp3) is 0.125. The summed E-state index contributed by atoms with van der Waals surface area (Å²) in [6, 6.07) is 22.5. The van der Waals surface area contributed by atoms with Gasteiger partial charge in [-0.25, -0.2) is 9.67 Å². The third-order valence-electron chi connectivity index (χ3n) is 4.66. The quantitative estimate of drug-likeness (QED) is 0.434. The Balaban J connectivity index is 1.70. The normalized spacial score (nSPS) is 10.7. The molecule has 0 atom stereocenters. The van der Waals surface area contributed by atoms with Crippen molar-refractivity contribution in [1.82, 2.24) is 14.8 Å². The molecule has 0 saturated heterocycles. The van der Waals surface area contributed by atoms with Gasteiger partial charge in [0.1, 0.15) is 5.75 Å². The Hall–Kier alpha value is -3.64. The number of hydrogen-bond acceptors (Lipinski definition) is 4. The zero-order chi connectivity index (χ0) is 21.8. The first-order valence-electron chi connectivity index (χ1n) is 9.88. The number of nitrogens with one attached hydrogen (secondary N) is 1. The average Bonchev–Trinajstić information content (AvgIpc) is 3.23. The van der Waals surface area contributed by atoms with Crippen LogP contribution in [0.25, 0.3) is 17.1 Å². The predicted molar refractivity (Wildman–Crippen MR) is 122 cm³/mol. The number of amides is 1. The predicted octanol–water partition coefficient (Wildman–Crippen LogP) is 5.55. The fourth-order valence-electron chi connectivity index (χ4n) is 3.07. The van der Waals surface area contributed by atoms with Crippen LogP contribution in [0.1, 0.15) is 23.1 Å². The summed E-state index contributed by atoms with van der Waals surface area (Å²) in [5, 5.41) is 7.88. The molecule has 4 aromatic rings. The van der Waals surface area contributed by atoms with Gasteiger partial charge in [0.15, 0.2) is 5.82 Å². The summed E-state index contributed by atoms with van der Waals surface area (Å²) in [5.41, 5.74) is 3.14. The second kappa shape index (κ2) is 9.02. The van der Waals surface area contributed by atoms with Gasteiger partial charge in [-0.2, -0.15) is 0 Å². The molecule has 0 bridgehead atoms. The number of carbonyl (C=O) groups excluding carboxylic acids is 1. The van der Waals surface area contributed by atoms with Crippen LogP contribution >= 0.6 is 11.6 Å². The minimum absolute atomic E-state index is 0.0597. The lowest BCUT2D eigenvalue weighted by atomic mass is 10.2. The molecular formula is C24H21ClN4O2. The molecule has 0 fully saturated rings. The van der Waals surface area contributed by atoms with Crippen molar-refractivity contribution in [3.05, 3.63) is 89.2 Å². The molecule has 0 saturated carbocycles. The van der Waals surface area contributed by atoms with Gasteiger partial charge >= 0.3 is 0 Å². The molecule has 0 aliphatic carbocycles. The number of rotatable bonds is 6. The van der Waals surface area contributed by atoms with E-state index in [1.807, 2.05) is 74.5 Å². The number of hydrogen-bond donors (Lipinski definition) is 1. The molecule has 0 unspecified atom stereocenters. The molecule has 4 rings (SSSR count). The van der Waals surface area contributed by atoms with Crippen LogP contribution in [-0.2, 0) is 0 Å². The standard InChI is InChI=1S/C24H21ClN4O2/c1-3-31-20-13-11-19(12-14-20)29-23(17-7-5-4-6-8-17)27-22(28-29)24(30)26-18-10-9-16(2)21(25)15-18/h4-15H,3H2,1-2H3,(H,26,30). The highest BCUT2D eigenvalue weighted by Gasteiger charge is 2.19. The first kappa shape index (κ1) is 20.6. The maximum atomic E-state index is 12.9. The molecule has 0 radical (unpaired) electrons. The fourth-order valence-corrected chi connectivity index (χ4v) is 3.25. The number of nitrogens with zero attached hydrogens (tertiary/aromatic N) is 3. The van der Waals surface area contributed by atoms with E-state index in [9.17, 15) is 4.79 Å². The van der Waals surface area contributed by atoms with Gasteiger partial charge in [-0.05, 0) is 55.8 Å². The topological polar surface area (TPSA) is 69.0 Å². The molecule has 31 heavy (non-hydrogen) atoms. The second-order valence-corrected chi connectivity index (χ2v) is 7.29. The van der Waals surface area contributed by atoms with E-state index in [0.29, 0.717) is 23.1 Å². The molecule has 3 aromatic carbocycles. The van der Waals surface area contributed by atoms with E-state index in [1.165, 1.54) is 0 Å². The Labute approximate surface area is 185 Å². The smallest absolute Gasteiger partial charge is 0.295 e. The summed E-state index contributed by atoms with van der Waals surface area (Å²) in [5.74, 6) is 0.977. The van der Waals surface area contributed by atoms with Crippen molar-refractivity contribution in [1.29, 1.82) is 0 Å². The van der Waals surface area contributed by atoms with E-state index >= 15 is 0 Å². The van der Waals surface area contributed by atoms with Crippen LogP contribution in [-0.4, -0.2) is 27.3 Å². The molecule has 156 valence electrons. The molecule has 1 aromatic heterocycles. The SMILES string of the molecule is CCOc1ccc(-n2nc(C(=O)Nc3ccc(C)c(Cl)c3)nc2-c2ccccc2)cc1. The van der Waals surface area contributed by atoms with Crippen LogP contribution in [0.5, 0.6) is 5.75 Å². The van der Waals surface area contributed by atoms with E-state index in [4.69, 9.17) is 16.3 Å². The summed E-state index contributed by atoms with van der Waals surface area (Å²) >= 11 is 6.17. The number of anilines is 1. The van der Waals surface area contributed by atoms with Gasteiger partial charge in [0.25, 0.3) is 5.91 Å². The molecule has 0 spiro atoms. The van der Waals surface area contributed by atoms with Crippen LogP contribution in [0, 0.1) is 6.92 Å². The van der Waals surface area contributed by atoms with Gasteiger partial charge < -0.3 is 10.1 Å². The highest BCUT2D eigenvalue weighted by molar-refractivity contribution is 6.31. The highest BCUT2D eigenvalue weighted by Crippen LogP contribution is 2.24. The summed E-state index contributed by atoms with van der Waals surface area (Å²) in [4.78, 5) is 17.4. The van der Waals surface area contributed by atoms with Gasteiger partial charge in [0.2, 0.25) is 5.82 Å². The number of carbonyl (C=O) groups is 1. The lowest BCUT2D eigenvalue weighted by Crippen LogP contribution is -2.14. The Kier molecular flexibility index (Phi) is 6.00. The average molecular weight is 433 g/mol. The third-order valence-corrected chi connectivity index (χ3v) is 5.07. The van der Waals surface area contributed by atoms with Gasteiger partial charge in [0.05, 0.1) is 12.3 Å². The Morgan fingerprint density at radius 1 is 1.06 bits per heavy atom. The summed E-state index contributed by atoms with van der Waals surface area (Å²) in [7, 11) is 0. The summed E-state index contributed by atoms with van der Waals surface area (Å²) in [6.07, 6.45) is 0. The van der Waals surface area contributed by atoms with Crippen LogP contribution < -0.4 is 10.1 Å². The maximum absolute atomic E-state index is 12.9. The zero-order valence-electron chi connectivity index (χ0n) is 17.2. The van der Waals surface area contributed by atoms with Crippen LogP contribution in [0.15, 0.2) is 72.8 Å². The Morgan fingerprint density at radius 3 is 2.48 bits per heavy atom. The highest BCUT2D eigenvalue weighted by atomic mass is 35.5. The first-order chi connectivity index (χ1) is 15.0. The van der Waals surface area contributed by atoms with E-state index in [2.05, 4.69) is 15.4 Å². The molecule has 0 aliphatic rings. The molecule has 0 aliphatic heterocycles. The minimum Gasteiger partial charge on any atom is -0.494 e. The molecule has 6 nitrogen and oxygen atoms in total. The monoisotopic (exact) mass is 432 g/mol. The number of aromatic nitrogens is 3. The molecule has 1 amide bonds. The number of halogens is 1. The summed E-state index contributed by atoms with van der Waals surface area (Å²) < 4.78 is 7.17. The molecular weight excluding hydrogens is 412 g/mol. The van der Waals surface area contributed by atoms with Gasteiger partial charge in [-0.15, -0.1) is 5.10 Å². The molecule has 1 N–H and O–H groups in total. The summed E-state index contributed by atoms with van der Waals surface area (Å²) in [6.45, 7) is 4.43. The Bertz CT molecular complexity index is 1200. The van der Waals surface area contributed by atoms with Crippen molar-refractivity contribution >= 4 is 23.2 Å². The van der Waals surface area contributed by atoms with E-state index in [0.717, 1.165) is 22.6 Å². The van der Waals surface area contributed by atoms with Crippen LogP contribution in [0.3, 0.4) is 0 Å². The van der Waals surface area contributed by atoms with E-state index in [1.54, 1.807) is 16.8 Å². The lowest BCUT2D eigenvalue weighted by molar-refractivity contribution is 0.101. The van der Waals surface area contributed by atoms with Crippen molar-refractivity contribution in [3.8, 4) is 22.8 Å². The first-order valence-corrected chi connectivity index (χ1v) is 10.3. The number of ether oxygens (including phenoxy) is 1. The van der Waals surface area contributed by atoms with Crippen LogP contribution in [0.4, 0.5) is 5.69 Å². The lowest BCUT2D eigenvalue weighted by Gasteiger charge is -2.07. The van der Waals surface area contributed by atoms with Crippen molar-refractivity contribution in [2.24, 2.45) is 0 Å². The van der Waals surface area contributed by atoms with Gasteiger partial charge in [-0.3, -0.25) is 4.79 Å². The van der Waals surface area contributed by atoms with Crippen molar-refractivity contribution < 1.29 is 9.53 Å². The van der Waals surface area contributed by atoms with Crippen molar-refractivity contribution in [2.75, 3.05) is 11.9 Å². The van der Waals surface area contributed by atoms with Crippen molar-refractivity contribution in [3.63, 3.8) is 0 Å². The maximum Gasteiger partial charge on any atom is 0.295 e. The zero-order valence-corrected chi connectivity index (χ0v) is 17.9. The number of benzene rings is 3.